The number of phenols is 1. The van der Waals surface area contributed by atoms with Crippen molar-refractivity contribution in [3.05, 3.63) is 54.6 Å². The van der Waals surface area contributed by atoms with E-state index in [1.807, 2.05) is 48.5 Å². The number of nitrogens with one attached hydrogen (secondary N) is 2. The Labute approximate surface area is 141 Å². The number of fused-ring (bicyclic) bond motifs is 2. The second kappa shape index (κ2) is 5.13. The van der Waals surface area contributed by atoms with E-state index < -0.39 is 0 Å². The predicted molar refractivity (Wildman–Crippen MR) is 93.9 cm³/mol. The first-order chi connectivity index (χ1) is 12.3. The number of aromatic amines is 2. The third kappa shape index (κ3) is 1.99. The third-order valence-corrected chi connectivity index (χ3v) is 4.31. The fourth-order valence-corrected chi connectivity index (χ4v) is 3.21. The van der Waals surface area contributed by atoms with E-state index >= 15 is 0 Å². The number of aromatic hydroxyl groups is 1. The number of aromatic nitrogens is 6. The maximum Gasteiger partial charge on any atom is 0.124 e. The highest BCUT2D eigenvalue weighted by molar-refractivity contribution is 6.03. The first kappa shape index (κ1) is 13.7. The molecule has 0 aliphatic carbocycles. The molecule has 0 amide bonds. The summed E-state index contributed by atoms with van der Waals surface area (Å²) in [6.07, 6.45) is 0. The SMILES string of the molecule is Oc1cccc(-c2cccc3[nH]nnc23)c1-c1cccc2[nH]nnc12. The van der Waals surface area contributed by atoms with E-state index in [-0.39, 0.29) is 5.75 Å². The summed E-state index contributed by atoms with van der Waals surface area (Å²) in [5, 5.41) is 32.5. The lowest BCUT2D eigenvalue weighted by Crippen LogP contribution is -1.89. The van der Waals surface area contributed by atoms with Gasteiger partial charge in [0.1, 0.15) is 16.8 Å². The molecule has 2 heterocycles. The Balaban J connectivity index is 1.88. The first-order valence-corrected chi connectivity index (χ1v) is 7.75. The average molecular weight is 328 g/mol. The van der Waals surface area contributed by atoms with E-state index in [4.69, 9.17) is 0 Å². The molecule has 2 aromatic heterocycles. The van der Waals surface area contributed by atoms with E-state index in [2.05, 4.69) is 30.8 Å². The third-order valence-electron chi connectivity index (χ3n) is 4.31. The number of benzene rings is 3. The molecule has 3 aromatic carbocycles. The van der Waals surface area contributed by atoms with E-state index in [9.17, 15) is 5.11 Å². The van der Waals surface area contributed by atoms with Crippen molar-refractivity contribution in [1.82, 2.24) is 30.8 Å². The van der Waals surface area contributed by atoms with Gasteiger partial charge in [-0.1, -0.05) is 46.8 Å². The number of hydrogen-bond donors (Lipinski definition) is 3. The van der Waals surface area contributed by atoms with Gasteiger partial charge in [0.15, 0.2) is 0 Å². The zero-order chi connectivity index (χ0) is 16.8. The highest BCUT2D eigenvalue weighted by Crippen LogP contribution is 2.42. The van der Waals surface area contributed by atoms with Crippen LogP contribution in [0.3, 0.4) is 0 Å². The van der Waals surface area contributed by atoms with Gasteiger partial charge in [-0.3, -0.25) is 10.2 Å². The molecular formula is C18H12N6O. The Kier molecular flexibility index (Phi) is 2.81. The molecule has 0 fully saturated rings. The maximum absolute atomic E-state index is 10.6. The van der Waals surface area contributed by atoms with Crippen LogP contribution in [0.15, 0.2) is 54.6 Å². The Morgan fingerprint density at radius 1 is 0.640 bits per heavy atom. The zero-order valence-electron chi connectivity index (χ0n) is 12.9. The summed E-state index contributed by atoms with van der Waals surface area (Å²) in [6.45, 7) is 0. The van der Waals surface area contributed by atoms with Crippen LogP contribution in [0.4, 0.5) is 0 Å². The first-order valence-electron chi connectivity index (χ1n) is 7.75. The smallest absolute Gasteiger partial charge is 0.124 e. The minimum Gasteiger partial charge on any atom is -0.507 e. The molecule has 0 atom stereocenters. The Bertz CT molecular complexity index is 1220. The molecule has 3 N–H and O–H groups in total. The van der Waals surface area contributed by atoms with Crippen molar-refractivity contribution < 1.29 is 5.11 Å². The molecule has 0 aliphatic heterocycles. The van der Waals surface area contributed by atoms with Crippen LogP contribution in [0.25, 0.3) is 44.3 Å². The summed E-state index contributed by atoms with van der Waals surface area (Å²) >= 11 is 0. The molecule has 7 heteroatoms. The Hall–Kier alpha value is -3.74. The van der Waals surface area contributed by atoms with Crippen LogP contribution in [-0.2, 0) is 0 Å². The summed E-state index contributed by atoms with van der Waals surface area (Å²) in [5.41, 5.74) is 6.35. The second-order valence-electron chi connectivity index (χ2n) is 5.73. The molecule has 7 nitrogen and oxygen atoms in total. The molecule has 25 heavy (non-hydrogen) atoms. The lowest BCUT2D eigenvalue weighted by Gasteiger charge is -2.12. The van der Waals surface area contributed by atoms with Gasteiger partial charge in [-0.05, 0) is 23.8 Å². The predicted octanol–water partition coefficient (Wildman–Crippen LogP) is 3.27. The van der Waals surface area contributed by atoms with Gasteiger partial charge in [-0.15, -0.1) is 10.2 Å². The summed E-state index contributed by atoms with van der Waals surface area (Å²) in [4.78, 5) is 0. The molecule has 120 valence electrons. The molecule has 0 aliphatic rings. The molecule has 0 saturated heterocycles. The number of nitrogens with zero attached hydrogens (tertiary/aromatic N) is 4. The van der Waals surface area contributed by atoms with Crippen LogP contribution >= 0.6 is 0 Å². The fraction of sp³-hybridized carbons (Fsp3) is 0. The number of rotatable bonds is 2. The van der Waals surface area contributed by atoms with Crippen molar-refractivity contribution in [2.75, 3.05) is 0 Å². The summed E-state index contributed by atoms with van der Waals surface area (Å²) < 4.78 is 0. The van der Waals surface area contributed by atoms with Gasteiger partial charge in [0.05, 0.1) is 11.0 Å². The summed E-state index contributed by atoms with van der Waals surface area (Å²) in [5.74, 6) is 0.175. The topological polar surface area (TPSA) is 103 Å². The normalized spacial score (nSPS) is 11.4. The van der Waals surface area contributed by atoms with Crippen molar-refractivity contribution in [2.24, 2.45) is 0 Å². The minimum absolute atomic E-state index is 0.175. The van der Waals surface area contributed by atoms with Gasteiger partial charge in [-0.2, -0.15) is 0 Å². The van der Waals surface area contributed by atoms with Crippen LogP contribution in [-0.4, -0.2) is 35.9 Å². The van der Waals surface area contributed by atoms with E-state index in [1.165, 1.54) is 0 Å². The Morgan fingerprint density at radius 2 is 1.20 bits per heavy atom. The largest absolute Gasteiger partial charge is 0.507 e. The van der Waals surface area contributed by atoms with Gasteiger partial charge in [0, 0.05) is 16.7 Å². The van der Waals surface area contributed by atoms with Gasteiger partial charge in [-0.25, -0.2) is 0 Å². The quantitative estimate of drug-likeness (QED) is 0.461. The highest BCUT2D eigenvalue weighted by atomic mass is 16.3. The van der Waals surface area contributed by atoms with Crippen molar-refractivity contribution >= 4 is 22.1 Å². The fourth-order valence-electron chi connectivity index (χ4n) is 3.21. The number of phenolic OH excluding ortho intramolecular Hbond substituents is 1. The van der Waals surface area contributed by atoms with Gasteiger partial charge in [0.25, 0.3) is 0 Å². The van der Waals surface area contributed by atoms with E-state index in [0.29, 0.717) is 11.1 Å². The van der Waals surface area contributed by atoms with Crippen LogP contribution in [0.2, 0.25) is 0 Å². The zero-order valence-corrected chi connectivity index (χ0v) is 12.9. The average Bonchev–Trinajstić information content (AvgIpc) is 3.30. The highest BCUT2D eigenvalue weighted by Gasteiger charge is 2.18. The number of H-pyrrole nitrogens is 2. The van der Waals surface area contributed by atoms with Gasteiger partial charge >= 0.3 is 0 Å². The molecule has 0 saturated carbocycles. The molecule has 0 spiro atoms. The summed E-state index contributed by atoms with van der Waals surface area (Å²) in [7, 11) is 0. The molecule has 0 unspecified atom stereocenters. The number of hydrogen-bond acceptors (Lipinski definition) is 5. The molecule has 0 radical (unpaired) electrons. The lowest BCUT2D eigenvalue weighted by molar-refractivity contribution is 0.477. The van der Waals surface area contributed by atoms with Gasteiger partial charge in [0.2, 0.25) is 0 Å². The second-order valence-corrected chi connectivity index (χ2v) is 5.73. The lowest BCUT2D eigenvalue weighted by atomic mass is 9.92. The van der Waals surface area contributed by atoms with Crippen molar-refractivity contribution in [3.63, 3.8) is 0 Å². The van der Waals surface area contributed by atoms with Crippen LogP contribution < -0.4 is 0 Å². The molecule has 5 rings (SSSR count). The van der Waals surface area contributed by atoms with Crippen molar-refractivity contribution in [2.45, 2.75) is 0 Å². The standard InChI is InChI=1S/C18H12N6O/c25-15-9-3-4-10(11-5-1-7-13-17(11)21-23-19-13)16(15)12-6-2-8-14-18(12)22-24-20-14/h1-9,25H,(H,19,21,23)(H,20,22,24). The van der Waals surface area contributed by atoms with Crippen molar-refractivity contribution in [1.29, 1.82) is 0 Å². The van der Waals surface area contributed by atoms with Crippen LogP contribution in [0.1, 0.15) is 0 Å². The Morgan fingerprint density at radius 3 is 1.92 bits per heavy atom. The molecule has 0 bridgehead atoms. The van der Waals surface area contributed by atoms with Crippen LogP contribution in [0, 0.1) is 0 Å². The molecule has 5 aromatic rings. The minimum atomic E-state index is 0.175. The maximum atomic E-state index is 10.6. The monoisotopic (exact) mass is 328 g/mol. The van der Waals surface area contributed by atoms with E-state index in [0.717, 1.165) is 33.2 Å². The summed E-state index contributed by atoms with van der Waals surface area (Å²) in [6, 6.07) is 17.0. The van der Waals surface area contributed by atoms with Crippen molar-refractivity contribution in [3.8, 4) is 28.0 Å². The van der Waals surface area contributed by atoms with Crippen LogP contribution in [0.5, 0.6) is 5.75 Å². The van der Waals surface area contributed by atoms with Gasteiger partial charge < -0.3 is 5.11 Å². The van der Waals surface area contributed by atoms with E-state index in [1.54, 1.807) is 6.07 Å². The molecular weight excluding hydrogens is 316 g/mol.